The molecule has 3 heterocycles. The molecule has 3 N–H and O–H groups in total. The molecule has 0 saturated carbocycles. The van der Waals surface area contributed by atoms with Crippen molar-refractivity contribution < 1.29 is 4.74 Å². The number of hydrogen-bond donors (Lipinski definition) is 3. The van der Waals surface area contributed by atoms with E-state index in [1.54, 1.807) is 12.1 Å². The van der Waals surface area contributed by atoms with Crippen LogP contribution < -0.4 is 26.5 Å². The number of nitrogens with one attached hydrogen (secondary N) is 3. The monoisotopic (exact) mass is 287 g/mol. The van der Waals surface area contributed by atoms with E-state index in [2.05, 4.69) is 20.8 Å². The number of ether oxygens (including phenoxy) is 1. The zero-order chi connectivity index (χ0) is 14.4. The van der Waals surface area contributed by atoms with Gasteiger partial charge in [-0.3, -0.25) is 14.2 Å². The van der Waals surface area contributed by atoms with Crippen molar-refractivity contribution in [3.05, 3.63) is 44.7 Å². The van der Waals surface area contributed by atoms with Crippen molar-refractivity contribution in [3.8, 4) is 11.4 Å². The van der Waals surface area contributed by atoms with Gasteiger partial charge in [-0.05, 0) is 18.2 Å². The van der Waals surface area contributed by atoms with Gasteiger partial charge in [-0.25, -0.2) is 5.10 Å². The van der Waals surface area contributed by atoms with Crippen molar-refractivity contribution in [2.24, 2.45) is 0 Å². The molecule has 1 aromatic heterocycles. The summed E-state index contributed by atoms with van der Waals surface area (Å²) in [4.78, 5) is 23.6. The zero-order valence-corrected chi connectivity index (χ0v) is 11.0. The van der Waals surface area contributed by atoms with Crippen molar-refractivity contribution in [1.29, 1.82) is 0 Å². The summed E-state index contributed by atoms with van der Waals surface area (Å²) in [7, 11) is 0. The van der Waals surface area contributed by atoms with Crippen LogP contribution in [0.4, 0.5) is 5.69 Å². The third-order valence-corrected chi connectivity index (χ3v) is 3.65. The van der Waals surface area contributed by atoms with Gasteiger partial charge >= 0.3 is 11.1 Å². The first-order chi connectivity index (χ1) is 10.2. The van der Waals surface area contributed by atoms with Gasteiger partial charge in [0.1, 0.15) is 12.4 Å². The summed E-state index contributed by atoms with van der Waals surface area (Å²) >= 11 is 0. The summed E-state index contributed by atoms with van der Waals surface area (Å²) in [6.45, 7) is 1.97. The third kappa shape index (κ3) is 1.91. The second kappa shape index (κ2) is 4.45. The lowest BCUT2D eigenvalue weighted by Crippen LogP contribution is -2.51. The Morgan fingerprint density at radius 3 is 2.95 bits per heavy atom. The Bertz CT molecular complexity index is 821. The second-order valence-electron chi connectivity index (χ2n) is 5.08. The fraction of sp³-hybridized carbons (Fsp3) is 0.308. The molecule has 1 fully saturated rings. The van der Waals surface area contributed by atoms with Gasteiger partial charge in [0.05, 0.1) is 11.7 Å². The average molecular weight is 287 g/mol. The van der Waals surface area contributed by atoms with Gasteiger partial charge in [0.15, 0.2) is 5.82 Å². The molecule has 108 valence electrons. The maximum absolute atomic E-state index is 12.1. The standard InChI is InChI=1S/C13H13N5O3/c19-12-13(20)18-9-3-7(15-8-4-14-5-8)1-2-10(9)21-6-11(18)16-17-12/h1-3,8,14-15H,4-6H2,(H,17,19). The lowest BCUT2D eigenvalue weighted by Gasteiger charge is -2.29. The van der Waals surface area contributed by atoms with E-state index in [0.717, 1.165) is 18.8 Å². The fourth-order valence-electron chi connectivity index (χ4n) is 2.45. The summed E-state index contributed by atoms with van der Waals surface area (Å²) in [5.41, 5.74) is 0.0289. The Morgan fingerprint density at radius 1 is 1.33 bits per heavy atom. The Balaban J connectivity index is 1.83. The van der Waals surface area contributed by atoms with Crippen LogP contribution in [0.25, 0.3) is 5.69 Å². The third-order valence-electron chi connectivity index (χ3n) is 3.65. The number of hydrogen-bond acceptors (Lipinski definition) is 6. The van der Waals surface area contributed by atoms with Crippen molar-refractivity contribution in [2.45, 2.75) is 12.6 Å². The lowest BCUT2D eigenvalue weighted by atomic mass is 10.1. The van der Waals surface area contributed by atoms with E-state index in [1.165, 1.54) is 4.57 Å². The first-order valence-electron chi connectivity index (χ1n) is 6.67. The molecular weight excluding hydrogens is 274 g/mol. The summed E-state index contributed by atoms with van der Waals surface area (Å²) in [6.07, 6.45) is 0. The van der Waals surface area contributed by atoms with E-state index >= 15 is 0 Å². The van der Waals surface area contributed by atoms with Gasteiger partial charge in [-0.15, -0.1) is 0 Å². The van der Waals surface area contributed by atoms with Crippen molar-refractivity contribution in [2.75, 3.05) is 18.4 Å². The Hall–Kier alpha value is -2.61. The van der Waals surface area contributed by atoms with E-state index in [4.69, 9.17) is 4.74 Å². The van der Waals surface area contributed by atoms with E-state index in [1.807, 2.05) is 6.07 Å². The molecule has 0 radical (unpaired) electrons. The van der Waals surface area contributed by atoms with Crippen LogP contribution in [0, 0.1) is 0 Å². The molecule has 8 heteroatoms. The Kier molecular flexibility index (Phi) is 2.58. The smallest absolute Gasteiger partial charge is 0.330 e. The minimum Gasteiger partial charge on any atom is -0.483 e. The van der Waals surface area contributed by atoms with Crippen LogP contribution in [0.5, 0.6) is 5.75 Å². The van der Waals surface area contributed by atoms with Gasteiger partial charge in [0.25, 0.3) is 0 Å². The second-order valence-corrected chi connectivity index (χ2v) is 5.08. The van der Waals surface area contributed by atoms with Crippen LogP contribution in [0.2, 0.25) is 0 Å². The first-order valence-corrected chi connectivity index (χ1v) is 6.67. The molecule has 2 aliphatic heterocycles. The van der Waals surface area contributed by atoms with Crippen LogP contribution >= 0.6 is 0 Å². The number of H-pyrrole nitrogens is 1. The predicted molar refractivity (Wildman–Crippen MR) is 75.1 cm³/mol. The number of nitrogens with zero attached hydrogens (tertiary/aromatic N) is 2. The Labute approximate surface area is 118 Å². The molecule has 8 nitrogen and oxygen atoms in total. The van der Waals surface area contributed by atoms with Crippen LogP contribution in [-0.4, -0.2) is 33.9 Å². The topological polar surface area (TPSA) is 101 Å². The van der Waals surface area contributed by atoms with Crippen molar-refractivity contribution >= 4 is 5.69 Å². The van der Waals surface area contributed by atoms with Gasteiger partial charge in [0, 0.05) is 18.8 Å². The van der Waals surface area contributed by atoms with Gasteiger partial charge in [-0.2, -0.15) is 5.10 Å². The minimum atomic E-state index is -0.742. The van der Waals surface area contributed by atoms with Crippen LogP contribution in [0.1, 0.15) is 5.82 Å². The number of anilines is 1. The predicted octanol–water partition coefficient (Wildman–Crippen LogP) is -0.803. The number of benzene rings is 1. The molecular formula is C13H13N5O3. The van der Waals surface area contributed by atoms with Crippen LogP contribution in [0.15, 0.2) is 27.8 Å². The fourth-order valence-corrected chi connectivity index (χ4v) is 2.45. The summed E-state index contributed by atoms with van der Waals surface area (Å²) in [6, 6.07) is 5.87. The summed E-state index contributed by atoms with van der Waals surface area (Å²) in [5, 5.41) is 12.6. The van der Waals surface area contributed by atoms with E-state index in [0.29, 0.717) is 23.3 Å². The maximum Gasteiger partial charge on any atom is 0.330 e. The minimum absolute atomic E-state index is 0.151. The number of aromatic nitrogens is 3. The average Bonchev–Trinajstić information content (AvgIpc) is 2.46. The quantitative estimate of drug-likeness (QED) is 0.625. The van der Waals surface area contributed by atoms with Gasteiger partial charge < -0.3 is 15.4 Å². The zero-order valence-electron chi connectivity index (χ0n) is 11.0. The molecule has 1 aromatic carbocycles. The number of rotatable bonds is 2. The molecule has 0 bridgehead atoms. The highest BCUT2D eigenvalue weighted by atomic mass is 16.5. The Morgan fingerprint density at radius 2 is 2.19 bits per heavy atom. The maximum atomic E-state index is 12.1. The van der Waals surface area contributed by atoms with Crippen molar-refractivity contribution in [1.82, 2.24) is 20.1 Å². The number of fused-ring (bicyclic) bond motifs is 3. The van der Waals surface area contributed by atoms with E-state index in [9.17, 15) is 9.59 Å². The molecule has 0 aliphatic carbocycles. The molecule has 4 rings (SSSR count). The summed E-state index contributed by atoms with van der Waals surface area (Å²) < 4.78 is 6.87. The molecule has 0 amide bonds. The van der Waals surface area contributed by atoms with E-state index in [-0.39, 0.29) is 6.61 Å². The number of aromatic amines is 1. The highest BCUT2D eigenvalue weighted by molar-refractivity contribution is 5.60. The van der Waals surface area contributed by atoms with Gasteiger partial charge in [-0.1, -0.05) is 0 Å². The van der Waals surface area contributed by atoms with Crippen LogP contribution in [0.3, 0.4) is 0 Å². The molecule has 2 aliphatic rings. The van der Waals surface area contributed by atoms with Gasteiger partial charge in [0.2, 0.25) is 0 Å². The summed E-state index contributed by atoms with van der Waals surface area (Å²) in [5.74, 6) is 0.948. The molecule has 21 heavy (non-hydrogen) atoms. The highest BCUT2D eigenvalue weighted by Gasteiger charge is 2.22. The van der Waals surface area contributed by atoms with Crippen LogP contribution in [-0.2, 0) is 6.61 Å². The normalized spacial score (nSPS) is 16.4. The molecule has 2 aromatic rings. The largest absolute Gasteiger partial charge is 0.483 e. The SMILES string of the molecule is O=c1[nH]nc2n(c1=O)-c1cc(NC3CNC3)ccc1OC2. The lowest BCUT2D eigenvalue weighted by molar-refractivity contribution is 0.273. The molecule has 1 saturated heterocycles. The molecule has 0 spiro atoms. The first kappa shape index (κ1) is 12.2. The highest BCUT2D eigenvalue weighted by Crippen LogP contribution is 2.30. The molecule has 0 unspecified atom stereocenters. The van der Waals surface area contributed by atoms with Crippen molar-refractivity contribution in [3.63, 3.8) is 0 Å². The van der Waals surface area contributed by atoms with E-state index < -0.39 is 11.1 Å². The molecule has 0 atom stereocenters.